The van der Waals surface area contributed by atoms with Gasteiger partial charge in [-0.2, -0.15) is 0 Å². The summed E-state index contributed by atoms with van der Waals surface area (Å²) in [5.41, 5.74) is 3.68. The highest BCUT2D eigenvalue weighted by atomic mass is 16.5. The molecule has 0 unspecified atom stereocenters. The SMILES string of the molecule is COCc1cccc(CNCCOc2cccc(C)c2)c1. The van der Waals surface area contributed by atoms with E-state index in [-0.39, 0.29) is 0 Å². The van der Waals surface area contributed by atoms with Crippen LogP contribution >= 0.6 is 0 Å². The first-order chi connectivity index (χ1) is 10.3. The highest BCUT2D eigenvalue weighted by Gasteiger charge is 1.97. The van der Waals surface area contributed by atoms with Gasteiger partial charge in [-0.1, -0.05) is 36.4 Å². The molecule has 0 bridgehead atoms. The van der Waals surface area contributed by atoms with E-state index in [0.29, 0.717) is 13.2 Å². The molecule has 0 fully saturated rings. The van der Waals surface area contributed by atoms with Crippen molar-refractivity contribution in [2.45, 2.75) is 20.1 Å². The molecule has 0 heterocycles. The zero-order valence-corrected chi connectivity index (χ0v) is 12.8. The smallest absolute Gasteiger partial charge is 0.119 e. The molecule has 0 radical (unpaired) electrons. The van der Waals surface area contributed by atoms with Gasteiger partial charge in [-0.25, -0.2) is 0 Å². The fourth-order valence-corrected chi connectivity index (χ4v) is 2.17. The fraction of sp³-hybridized carbons (Fsp3) is 0.333. The Morgan fingerprint density at radius 2 is 1.81 bits per heavy atom. The van der Waals surface area contributed by atoms with E-state index in [2.05, 4.69) is 42.6 Å². The van der Waals surface area contributed by atoms with Crippen molar-refractivity contribution in [2.24, 2.45) is 0 Å². The van der Waals surface area contributed by atoms with Crippen LogP contribution in [0.25, 0.3) is 0 Å². The standard InChI is InChI=1S/C18H23NO2/c1-15-5-3-8-18(11-15)21-10-9-19-13-16-6-4-7-17(12-16)14-20-2/h3-8,11-12,19H,9-10,13-14H2,1-2H3. The molecule has 3 heteroatoms. The van der Waals surface area contributed by atoms with Crippen molar-refractivity contribution in [3.8, 4) is 5.75 Å². The van der Waals surface area contributed by atoms with Gasteiger partial charge >= 0.3 is 0 Å². The Morgan fingerprint density at radius 1 is 1.00 bits per heavy atom. The van der Waals surface area contributed by atoms with Crippen molar-refractivity contribution < 1.29 is 9.47 Å². The van der Waals surface area contributed by atoms with Crippen molar-refractivity contribution in [3.63, 3.8) is 0 Å². The molecule has 3 nitrogen and oxygen atoms in total. The predicted octanol–water partition coefficient (Wildman–Crippen LogP) is 3.31. The zero-order valence-electron chi connectivity index (χ0n) is 12.8. The van der Waals surface area contributed by atoms with E-state index < -0.39 is 0 Å². The molecule has 112 valence electrons. The normalized spacial score (nSPS) is 10.6. The lowest BCUT2D eigenvalue weighted by Crippen LogP contribution is -2.20. The van der Waals surface area contributed by atoms with Gasteiger partial charge in [0.25, 0.3) is 0 Å². The van der Waals surface area contributed by atoms with Gasteiger partial charge in [-0.15, -0.1) is 0 Å². The van der Waals surface area contributed by atoms with Crippen LogP contribution in [0.1, 0.15) is 16.7 Å². The van der Waals surface area contributed by atoms with Crippen LogP contribution in [0.4, 0.5) is 0 Å². The lowest BCUT2D eigenvalue weighted by atomic mass is 10.1. The van der Waals surface area contributed by atoms with Crippen LogP contribution in [0.3, 0.4) is 0 Å². The van der Waals surface area contributed by atoms with Crippen LogP contribution in [0, 0.1) is 6.92 Å². The molecule has 0 amide bonds. The van der Waals surface area contributed by atoms with E-state index in [0.717, 1.165) is 18.8 Å². The Labute approximate surface area is 126 Å². The maximum Gasteiger partial charge on any atom is 0.119 e. The molecule has 2 aromatic rings. The summed E-state index contributed by atoms with van der Waals surface area (Å²) in [5.74, 6) is 0.930. The second-order valence-corrected chi connectivity index (χ2v) is 5.09. The van der Waals surface area contributed by atoms with Crippen LogP contribution in [0.2, 0.25) is 0 Å². The Bertz CT molecular complexity index is 554. The van der Waals surface area contributed by atoms with Gasteiger partial charge in [0.1, 0.15) is 12.4 Å². The van der Waals surface area contributed by atoms with Gasteiger partial charge in [0.15, 0.2) is 0 Å². The van der Waals surface area contributed by atoms with E-state index in [9.17, 15) is 0 Å². The number of hydrogen-bond donors (Lipinski definition) is 1. The maximum absolute atomic E-state index is 5.70. The lowest BCUT2D eigenvalue weighted by Gasteiger charge is -2.09. The third-order valence-electron chi connectivity index (χ3n) is 3.17. The summed E-state index contributed by atoms with van der Waals surface area (Å²) < 4.78 is 10.8. The van der Waals surface area contributed by atoms with Gasteiger partial charge in [0, 0.05) is 20.2 Å². The molecule has 21 heavy (non-hydrogen) atoms. The first kappa shape index (κ1) is 15.5. The van der Waals surface area contributed by atoms with Gasteiger partial charge < -0.3 is 14.8 Å². The summed E-state index contributed by atoms with van der Waals surface area (Å²) >= 11 is 0. The monoisotopic (exact) mass is 285 g/mol. The molecule has 0 aliphatic rings. The molecule has 0 saturated carbocycles. The van der Waals surface area contributed by atoms with E-state index in [1.54, 1.807) is 7.11 Å². The van der Waals surface area contributed by atoms with Gasteiger partial charge in [0.2, 0.25) is 0 Å². The van der Waals surface area contributed by atoms with E-state index in [1.807, 2.05) is 18.2 Å². The number of nitrogens with one attached hydrogen (secondary N) is 1. The van der Waals surface area contributed by atoms with Crippen LogP contribution in [-0.2, 0) is 17.9 Å². The third kappa shape index (κ3) is 5.58. The molecular weight excluding hydrogens is 262 g/mol. The van der Waals surface area contributed by atoms with Gasteiger partial charge in [-0.05, 0) is 35.7 Å². The first-order valence-corrected chi connectivity index (χ1v) is 7.25. The summed E-state index contributed by atoms with van der Waals surface area (Å²) in [6.45, 7) is 5.06. The van der Waals surface area contributed by atoms with Crippen LogP contribution < -0.4 is 10.1 Å². The predicted molar refractivity (Wildman–Crippen MR) is 85.5 cm³/mol. The molecule has 1 N–H and O–H groups in total. The minimum atomic E-state index is 0.657. The van der Waals surface area contributed by atoms with Crippen molar-refractivity contribution in [1.82, 2.24) is 5.32 Å². The minimum Gasteiger partial charge on any atom is -0.492 e. The number of methoxy groups -OCH3 is 1. The van der Waals surface area contributed by atoms with Crippen LogP contribution in [-0.4, -0.2) is 20.3 Å². The molecule has 0 aliphatic heterocycles. The van der Waals surface area contributed by atoms with Crippen LogP contribution in [0.5, 0.6) is 5.75 Å². The molecule has 0 atom stereocenters. The average molecular weight is 285 g/mol. The fourth-order valence-electron chi connectivity index (χ4n) is 2.17. The topological polar surface area (TPSA) is 30.5 Å². The van der Waals surface area contributed by atoms with Crippen molar-refractivity contribution >= 4 is 0 Å². The van der Waals surface area contributed by atoms with Crippen molar-refractivity contribution in [2.75, 3.05) is 20.3 Å². The Hall–Kier alpha value is -1.84. The second kappa shape index (κ2) is 8.45. The molecule has 0 aromatic heterocycles. The largest absolute Gasteiger partial charge is 0.492 e. The molecule has 2 rings (SSSR count). The summed E-state index contributed by atoms with van der Waals surface area (Å²) in [5, 5.41) is 3.39. The Morgan fingerprint density at radius 3 is 2.62 bits per heavy atom. The Balaban J connectivity index is 1.69. The number of hydrogen-bond acceptors (Lipinski definition) is 3. The molecule has 0 saturated heterocycles. The molecule has 0 spiro atoms. The number of benzene rings is 2. The zero-order chi connectivity index (χ0) is 14.9. The highest BCUT2D eigenvalue weighted by molar-refractivity contribution is 5.27. The molecule has 2 aromatic carbocycles. The lowest BCUT2D eigenvalue weighted by molar-refractivity contribution is 0.185. The van der Waals surface area contributed by atoms with E-state index in [1.165, 1.54) is 16.7 Å². The first-order valence-electron chi connectivity index (χ1n) is 7.25. The third-order valence-corrected chi connectivity index (χ3v) is 3.17. The average Bonchev–Trinajstić information content (AvgIpc) is 2.48. The molecule has 0 aliphatic carbocycles. The quantitative estimate of drug-likeness (QED) is 0.755. The minimum absolute atomic E-state index is 0.657. The summed E-state index contributed by atoms with van der Waals surface area (Å²) in [7, 11) is 1.72. The van der Waals surface area contributed by atoms with Crippen LogP contribution in [0.15, 0.2) is 48.5 Å². The summed E-state index contributed by atoms with van der Waals surface area (Å²) in [6.07, 6.45) is 0. The van der Waals surface area contributed by atoms with Gasteiger partial charge in [-0.3, -0.25) is 0 Å². The number of rotatable bonds is 8. The Kier molecular flexibility index (Phi) is 6.25. The number of aryl methyl sites for hydroxylation is 1. The van der Waals surface area contributed by atoms with E-state index in [4.69, 9.17) is 9.47 Å². The summed E-state index contributed by atoms with van der Waals surface area (Å²) in [4.78, 5) is 0. The van der Waals surface area contributed by atoms with Gasteiger partial charge in [0.05, 0.1) is 6.61 Å². The van der Waals surface area contributed by atoms with E-state index >= 15 is 0 Å². The van der Waals surface area contributed by atoms with Crippen molar-refractivity contribution in [3.05, 3.63) is 65.2 Å². The highest BCUT2D eigenvalue weighted by Crippen LogP contribution is 2.11. The van der Waals surface area contributed by atoms with Crippen molar-refractivity contribution in [1.29, 1.82) is 0 Å². The number of ether oxygens (including phenoxy) is 2. The second-order valence-electron chi connectivity index (χ2n) is 5.09. The summed E-state index contributed by atoms with van der Waals surface area (Å²) in [6, 6.07) is 16.5. The maximum atomic E-state index is 5.70. The molecular formula is C18H23NO2.